The number of pyridine rings is 1. The molecule has 0 aliphatic carbocycles. The minimum absolute atomic E-state index is 0.0196. The molecule has 160 valence electrons. The number of hydrogen-bond donors (Lipinski definition) is 0. The maximum atomic E-state index is 13.8. The molecule has 0 bridgehead atoms. The van der Waals surface area contributed by atoms with Crippen LogP contribution in [0.3, 0.4) is 0 Å². The van der Waals surface area contributed by atoms with Crippen LogP contribution in [0.25, 0.3) is 11.0 Å². The first-order chi connectivity index (χ1) is 15.1. The van der Waals surface area contributed by atoms with Crippen molar-refractivity contribution in [2.24, 2.45) is 0 Å². The number of rotatable bonds is 5. The summed E-state index contributed by atoms with van der Waals surface area (Å²) in [5, 5.41) is 0.127. The van der Waals surface area contributed by atoms with Crippen LogP contribution in [0.4, 0.5) is 4.39 Å². The molecule has 0 spiro atoms. The van der Waals surface area contributed by atoms with E-state index in [9.17, 15) is 14.0 Å². The minimum atomic E-state index is -0.655. The first kappa shape index (κ1) is 19.8. The van der Waals surface area contributed by atoms with Gasteiger partial charge in [-0.3, -0.25) is 19.5 Å². The van der Waals surface area contributed by atoms with E-state index in [1.807, 2.05) is 6.07 Å². The summed E-state index contributed by atoms with van der Waals surface area (Å²) < 4.78 is 25.0. The number of fused-ring (bicyclic) bond motifs is 2. The number of benzene rings is 1. The molecule has 1 amide bonds. The van der Waals surface area contributed by atoms with Gasteiger partial charge in [-0.1, -0.05) is 6.07 Å². The highest BCUT2D eigenvalue weighted by Gasteiger charge is 2.43. The van der Waals surface area contributed by atoms with Gasteiger partial charge in [0.2, 0.25) is 5.76 Å². The monoisotopic (exact) mass is 423 g/mol. The lowest BCUT2D eigenvalue weighted by atomic mass is 10.0. The van der Waals surface area contributed by atoms with Crippen LogP contribution in [0.5, 0.6) is 0 Å². The van der Waals surface area contributed by atoms with Gasteiger partial charge < -0.3 is 14.1 Å². The molecule has 0 unspecified atom stereocenters. The highest BCUT2D eigenvalue weighted by atomic mass is 19.1. The molecule has 1 aromatic carbocycles. The second-order valence-electron chi connectivity index (χ2n) is 7.78. The van der Waals surface area contributed by atoms with E-state index in [1.165, 1.54) is 12.1 Å². The number of amides is 1. The summed E-state index contributed by atoms with van der Waals surface area (Å²) in [5.41, 5.74) is 0.626. The number of aromatic nitrogens is 1. The number of hydrogen-bond acceptors (Lipinski definition) is 6. The van der Waals surface area contributed by atoms with Gasteiger partial charge in [0.05, 0.1) is 29.9 Å². The van der Waals surface area contributed by atoms with Gasteiger partial charge in [-0.2, -0.15) is 0 Å². The molecular weight excluding hydrogens is 401 g/mol. The predicted octanol–water partition coefficient (Wildman–Crippen LogP) is 2.59. The molecule has 4 heterocycles. The third-order valence-electron chi connectivity index (χ3n) is 5.87. The molecule has 1 saturated heterocycles. The lowest BCUT2D eigenvalue weighted by molar-refractivity contribution is 0.0353. The number of ether oxygens (including phenoxy) is 1. The summed E-state index contributed by atoms with van der Waals surface area (Å²) in [6, 6.07) is 8.49. The third-order valence-corrected chi connectivity index (χ3v) is 5.87. The first-order valence-corrected chi connectivity index (χ1v) is 10.4. The topological polar surface area (TPSA) is 75.9 Å². The SMILES string of the molecule is O=C1c2oc3ccc(F)cc3c(=O)c2[C@@H](c2ccccn2)N1CCCN1CCOCC1. The molecular formula is C23H22FN3O4. The lowest BCUT2D eigenvalue weighted by Gasteiger charge is -2.28. The molecule has 2 aromatic heterocycles. The molecule has 0 radical (unpaired) electrons. The van der Waals surface area contributed by atoms with Crippen molar-refractivity contribution in [1.82, 2.24) is 14.8 Å². The summed E-state index contributed by atoms with van der Waals surface area (Å²) >= 11 is 0. The van der Waals surface area contributed by atoms with Crippen LogP contribution in [-0.2, 0) is 4.74 Å². The van der Waals surface area contributed by atoms with E-state index in [-0.39, 0.29) is 28.2 Å². The largest absolute Gasteiger partial charge is 0.450 e. The first-order valence-electron chi connectivity index (χ1n) is 10.4. The van der Waals surface area contributed by atoms with Crippen LogP contribution >= 0.6 is 0 Å². The number of halogens is 1. The zero-order valence-electron chi connectivity index (χ0n) is 16.9. The molecule has 5 rings (SSSR count). The fraction of sp³-hybridized carbons (Fsp3) is 0.348. The van der Waals surface area contributed by atoms with Crippen molar-refractivity contribution >= 4 is 16.9 Å². The molecule has 8 heteroatoms. The molecule has 0 saturated carbocycles. The van der Waals surface area contributed by atoms with E-state index < -0.39 is 17.3 Å². The fourth-order valence-electron chi connectivity index (χ4n) is 4.36. The zero-order chi connectivity index (χ0) is 21.4. The Bertz CT molecular complexity index is 1170. The van der Waals surface area contributed by atoms with Gasteiger partial charge in [0.15, 0.2) is 5.43 Å². The van der Waals surface area contributed by atoms with Gasteiger partial charge in [0.25, 0.3) is 5.91 Å². The Morgan fingerprint density at radius 1 is 1.10 bits per heavy atom. The van der Waals surface area contributed by atoms with Crippen molar-refractivity contribution in [2.45, 2.75) is 12.5 Å². The van der Waals surface area contributed by atoms with E-state index in [2.05, 4.69) is 9.88 Å². The summed E-state index contributed by atoms with van der Waals surface area (Å²) in [6.45, 7) is 4.45. The smallest absolute Gasteiger partial charge is 0.290 e. The summed E-state index contributed by atoms with van der Waals surface area (Å²) in [6.07, 6.45) is 2.37. The maximum absolute atomic E-state index is 13.8. The average molecular weight is 423 g/mol. The third kappa shape index (κ3) is 3.62. The number of nitrogens with zero attached hydrogens (tertiary/aromatic N) is 3. The minimum Gasteiger partial charge on any atom is -0.450 e. The van der Waals surface area contributed by atoms with E-state index in [0.717, 1.165) is 32.1 Å². The Hall–Kier alpha value is -3.10. The molecule has 0 N–H and O–H groups in total. The van der Waals surface area contributed by atoms with Crippen molar-refractivity contribution in [1.29, 1.82) is 0 Å². The van der Waals surface area contributed by atoms with Crippen LogP contribution in [0, 0.1) is 5.82 Å². The number of carbonyl (C=O) groups excluding carboxylic acids is 1. The van der Waals surface area contributed by atoms with E-state index in [1.54, 1.807) is 23.2 Å². The molecule has 3 aromatic rings. The van der Waals surface area contributed by atoms with Crippen molar-refractivity contribution in [3.8, 4) is 0 Å². The average Bonchev–Trinajstić information content (AvgIpc) is 3.08. The lowest BCUT2D eigenvalue weighted by Crippen LogP contribution is -2.39. The van der Waals surface area contributed by atoms with Gasteiger partial charge in [-0.05, 0) is 36.8 Å². The second kappa shape index (κ2) is 8.20. The molecule has 31 heavy (non-hydrogen) atoms. The summed E-state index contributed by atoms with van der Waals surface area (Å²) in [5.74, 6) is -0.845. The van der Waals surface area contributed by atoms with E-state index >= 15 is 0 Å². The van der Waals surface area contributed by atoms with E-state index in [4.69, 9.17) is 9.15 Å². The molecule has 1 fully saturated rings. The quantitative estimate of drug-likeness (QED) is 0.628. The van der Waals surface area contributed by atoms with Gasteiger partial charge in [-0.15, -0.1) is 0 Å². The molecule has 2 aliphatic heterocycles. The molecule has 2 aliphatic rings. The second-order valence-corrected chi connectivity index (χ2v) is 7.78. The standard InChI is InChI=1S/C23H22FN3O4/c24-15-5-6-18-16(14-15)21(28)19-20(17-4-1-2-7-25-17)27(23(29)22(19)31-18)9-3-8-26-10-12-30-13-11-26/h1-2,4-7,14,20H,3,8-13H2/t20-/m1/s1. The van der Waals surface area contributed by atoms with Crippen LogP contribution in [0.2, 0.25) is 0 Å². The Morgan fingerprint density at radius 2 is 1.94 bits per heavy atom. The Morgan fingerprint density at radius 3 is 2.71 bits per heavy atom. The van der Waals surface area contributed by atoms with Crippen molar-refractivity contribution in [3.63, 3.8) is 0 Å². The van der Waals surface area contributed by atoms with Crippen LogP contribution in [0.1, 0.15) is 34.3 Å². The van der Waals surface area contributed by atoms with Crippen LogP contribution in [0.15, 0.2) is 51.8 Å². The number of carbonyl (C=O) groups is 1. The van der Waals surface area contributed by atoms with Gasteiger partial charge >= 0.3 is 0 Å². The summed E-state index contributed by atoms with van der Waals surface area (Å²) in [4.78, 5) is 34.9. The van der Waals surface area contributed by atoms with Crippen molar-refractivity contribution < 1.29 is 18.3 Å². The fourth-order valence-corrected chi connectivity index (χ4v) is 4.36. The van der Waals surface area contributed by atoms with Crippen LogP contribution in [-0.4, -0.2) is 60.1 Å². The Balaban J connectivity index is 1.52. The van der Waals surface area contributed by atoms with Crippen molar-refractivity contribution in [2.75, 3.05) is 39.4 Å². The maximum Gasteiger partial charge on any atom is 0.290 e. The van der Waals surface area contributed by atoms with Gasteiger partial charge in [0.1, 0.15) is 17.4 Å². The highest BCUT2D eigenvalue weighted by molar-refractivity contribution is 5.98. The van der Waals surface area contributed by atoms with Crippen LogP contribution < -0.4 is 5.43 Å². The van der Waals surface area contributed by atoms with E-state index in [0.29, 0.717) is 25.5 Å². The Labute approximate surface area is 178 Å². The van der Waals surface area contributed by atoms with Gasteiger partial charge in [0, 0.05) is 32.4 Å². The normalized spacial score (nSPS) is 19.2. The van der Waals surface area contributed by atoms with Gasteiger partial charge in [-0.25, -0.2) is 4.39 Å². The zero-order valence-corrected chi connectivity index (χ0v) is 16.9. The number of morpholine rings is 1. The molecule has 1 atom stereocenters. The van der Waals surface area contributed by atoms with Crippen molar-refractivity contribution in [3.05, 3.63) is 75.7 Å². The highest BCUT2D eigenvalue weighted by Crippen LogP contribution is 2.37. The Kier molecular flexibility index (Phi) is 5.25. The molecule has 7 nitrogen and oxygen atoms in total. The predicted molar refractivity (Wildman–Crippen MR) is 111 cm³/mol. The summed E-state index contributed by atoms with van der Waals surface area (Å²) in [7, 11) is 0.